The van der Waals surface area contributed by atoms with Gasteiger partial charge in [0.05, 0.1) is 6.04 Å². The van der Waals surface area contributed by atoms with Crippen LogP contribution in [0.3, 0.4) is 0 Å². The molecule has 1 heterocycles. The van der Waals surface area contributed by atoms with Crippen molar-refractivity contribution in [3.8, 4) is 0 Å². The van der Waals surface area contributed by atoms with Crippen molar-refractivity contribution in [2.24, 2.45) is 5.92 Å². The van der Waals surface area contributed by atoms with Gasteiger partial charge in [-0.25, -0.2) is 9.69 Å². The minimum absolute atomic E-state index is 0.117. The molecule has 2 rings (SSSR count). The highest BCUT2D eigenvalue weighted by molar-refractivity contribution is 5.94. The number of benzene rings is 1. The first-order valence-corrected chi connectivity index (χ1v) is 8.28. The fraction of sp³-hybridized carbons (Fsp3) is 0.474. The van der Waals surface area contributed by atoms with Crippen molar-refractivity contribution >= 4 is 12.0 Å². The number of rotatable bonds is 7. The lowest BCUT2D eigenvalue weighted by Gasteiger charge is -2.23. The molecule has 1 saturated heterocycles. The summed E-state index contributed by atoms with van der Waals surface area (Å²) in [6, 6.07) is 9.69. The minimum atomic E-state index is -0.503. The molecule has 2 amide bonds. The first-order valence-electron chi connectivity index (χ1n) is 8.28. The highest BCUT2D eigenvalue weighted by Crippen LogP contribution is 2.22. The first-order chi connectivity index (χ1) is 11.1. The third-order valence-electron chi connectivity index (χ3n) is 4.18. The molecule has 0 spiro atoms. The van der Waals surface area contributed by atoms with Crippen LogP contribution in [0.5, 0.6) is 0 Å². The molecule has 1 aliphatic heterocycles. The van der Waals surface area contributed by atoms with Gasteiger partial charge in [-0.3, -0.25) is 4.79 Å². The zero-order valence-electron chi connectivity index (χ0n) is 13.9. The molecule has 0 aliphatic carbocycles. The summed E-state index contributed by atoms with van der Waals surface area (Å²) in [6.45, 7) is 4.16. The Labute approximate surface area is 138 Å². The Balaban J connectivity index is 1.96. The van der Waals surface area contributed by atoms with Crippen LogP contribution in [0.1, 0.15) is 38.7 Å². The third-order valence-corrected chi connectivity index (χ3v) is 4.18. The van der Waals surface area contributed by atoms with Crippen LogP contribution < -0.4 is 0 Å². The van der Waals surface area contributed by atoms with Crippen molar-refractivity contribution in [1.29, 1.82) is 0 Å². The second kappa shape index (κ2) is 8.51. The number of hydrogen-bond donors (Lipinski definition) is 0. The van der Waals surface area contributed by atoms with E-state index in [2.05, 4.69) is 6.08 Å². The lowest BCUT2D eigenvalue weighted by molar-refractivity contribution is -0.133. The summed E-state index contributed by atoms with van der Waals surface area (Å²) in [5.41, 5.74) is 1.11. The van der Waals surface area contributed by atoms with Gasteiger partial charge in [0.2, 0.25) is 5.91 Å². The van der Waals surface area contributed by atoms with E-state index in [-0.39, 0.29) is 24.5 Å². The lowest BCUT2D eigenvalue weighted by Crippen LogP contribution is -2.43. The summed E-state index contributed by atoms with van der Waals surface area (Å²) in [7, 11) is 0. The van der Waals surface area contributed by atoms with E-state index in [1.807, 2.05) is 50.3 Å². The molecule has 23 heavy (non-hydrogen) atoms. The highest BCUT2D eigenvalue weighted by Gasteiger charge is 2.39. The van der Waals surface area contributed by atoms with Crippen molar-refractivity contribution in [1.82, 2.24) is 4.90 Å². The summed E-state index contributed by atoms with van der Waals surface area (Å²) in [5.74, 6) is -0.280. The molecule has 0 bridgehead atoms. The summed E-state index contributed by atoms with van der Waals surface area (Å²) in [4.78, 5) is 25.9. The number of cyclic esters (lactones) is 1. The van der Waals surface area contributed by atoms with Crippen molar-refractivity contribution < 1.29 is 14.3 Å². The van der Waals surface area contributed by atoms with E-state index in [0.717, 1.165) is 24.8 Å². The van der Waals surface area contributed by atoms with Crippen LogP contribution in [0.15, 0.2) is 42.5 Å². The van der Waals surface area contributed by atoms with E-state index in [9.17, 15) is 9.59 Å². The molecule has 0 N–H and O–H groups in total. The van der Waals surface area contributed by atoms with Crippen molar-refractivity contribution in [2.75, 3.05) is 6.61 Å². The monoisotopic (exact) mass is 315 g/mol. The Hall–Kier alpha value is -2.10. The summed E-state index contributed by atoms with van der Waals surface area (Å²) in [6.07, 6.45) is 6.94. The number of amides is 2. The second-order valence-electron chi connectivity index (χ2n) is 6.03. The van der Waals surface area contributed by atoms with Gasteiger partial charge in [0.15, 0.2) is 0 Å². The maximum Gasteiger partial charge on any atom is 0.416 e. The van der Waals surface area contributed by atoms with Gasteiger partial charge in [-0.2, -0.15) is 0 Å². The van der Waals surface area contributed by atoms with E-state index in [1.165, 1.54) is 4.90 Å². The topological polar surface area (TPSA) is 46.6 Å². The number of nitrogens with zero attached hydrogens (tertiary/aromatic N) is 1. The van der Waals surface area contributed by atoms with Crippen molar-refractivity contribution in [3.05, 3.63) is 48.0 Å². The molecule has 0 radical (unpaired) electrons. The Bertz CT molecular complexity index is 553. The molecule has 4 nitrogen and oxygen atoms in total. The van der Waals surface area contributed by atoms with E-state index in [0.29, 0.717) is 6.42 Å². The van der Waals surface area contributed by atoms with Gasteiger partial charge >= 0.3 is 6.09 Å². The van der Waals surface area contributed by atoms with Crippen molar-refractivity contribution in [2.45, 2.75) is 45.6 Å². The van der Waals surface area contributed by atoms with Crippen LogP contribution in [-0.4, -0.2) is 29.5 Å². The predicted octanol–water partition coefficient (Wildman–Crippen LogP) is 3.96. The molecule has 0 unspecified atom stereocenters. The van der Waals surface area contributed by atoms with Crippen LogP contribution in [0.4, 0.5) is 4.79 Å². The smallest absolute Gasteiger partial charge is 0.416 e. The molecule has 4 heteroatoms. The van der Waals surface area contributed by atoms with Gasteiger partial charge in [-0.15, -0.1) is 0 Å². The van der Waals surface area contributed by atoms with Gasteiger partial charge in [0.25, 0.3) is 0 Å². The average Bonchev–Trinajstić information content (AvgIpc) is 2.92. The van der Waals surface area contributed by atoms with Gasteiger partial charge in [0, 0.05) is 5.92 Å². The number of allylic oxidation sites excluding steroid dienone is 2. The van der Waals surface area contributed by atoms with E-state index in [4.69, 9.17) is 4.74 Å². The zero-order valence-corrected chi connectivity index (χ0v) is 13.9. The lowest BCUT2D eigenvalue weighted by atomic mass is 10.00. The van der Waals surface area contributed by atoms with Gasteiger partial charge < -0.3 is 4.74 Å². The highest BCUT2D eigenvalue weighted by atomic mass is 16.6. The van der Waals surface area contributed by atoms with Gasteiger partial charge in [-0.05, 0) is 38.2 Å². The van der Waals surface area contributed by atoms with E-state index < -0.39 is 6.09 Å². The maximum atomic E-state index is 12.6. The number of carbonyl (C=O) groups is 2. The third kappa shape index (κ3) is 4.68. The van der Waals surface area contributed by atoms with Crippen LogP contribution in [0.25, 0.3) is 0 Å². The predicted molar refractivity (Wildman–Crippen MR) is 90.0 cm³/mol. The van der Waals surface area contributed by atoms with Gasteiger partial charge in [-0.1, -0.05) is 49.4 Å². The molecule has 1 aromatic rings. The fourth-order valence-corrected chi connectivity index (χ4v) is 2.84. The SMILES string of the molecule is C/C=C/CCC[C@@H](C)C(=O)N1C(=O)OC[C@H]1Cc1ccccc1. The zero-order chi connectivity index (χ0) is 16.7. The Morgan fingerprint density at radius 3 is 2.83 bits per heavy atom. The molecular formula is C19H25NO3. The molecule has 2 atom stereocenters. The first kappa shape index (κ1) is 17.3. The summed E-state index contributed by atoms with van der Waals surface area (Å²) in [5, 5.41) is 0. The van der Waals surface area contributed by atoms with Crippen molar-refractivity contribution in [3.63, 3.8) is 0 Å². The number of imide groups is 1. The molecular weight excluding hydrogens is 290 g/mol. The molecule has 1 aliphatic rings. The summed E-state index contributed by atoms with van der Waals surface area (Å²) >= 11 is 0. The minimum Gasteiger partial charge on any atom is -0.447 e. The second-order valence-corrected chi connectivity index (χ2v) is 6.03. The normalized spacial score (nSPS) is 19.1. The Morgan fingerprint density at radius 1 is 1.39 bits per heavy atom. The Morgan fingerprint density at radius 2 is 2.13 bits per heavy atom. The standard InChI is InChI=1S/C19H25NO3/c1-3-4-5-7-10-15(2)18(21)20-17(14-23-19(20)22)13-16-11-8-6-9-12-16/h3-4,6,8-9,11-12,15,17H,5,7,10,13-14H2,1-2H3/b4-3+/t15-,17-/m1/s1. The van der Waals surface area contributed by atoms with E-state index >= 15 is 0 Å². The van der Waals surface area contributed by atoms with Crippen LogP contribution >= 0.6 is 0 Å². The average molecular weight is 315 g/mol. The fourth-order valence-electron chi connectivity index (χ4n) is 2.84. The molecule has 0 saturated carbocycles. The molecule has 0 aromatic heterocycles. The largest absolute Gasteiger partial charge is 0.447 e. The van der Waals surface area contributed by atoms with E-state index in [1.54, 1.807) is 0 Å². The number of carbonyl (C=O) groups excluding carboxylic acids is 2. The summed E-state index contributed by atoms with van der Waals surface area (Å²) < 4.78 is 5.12. The Kier molecular flexibility index (Phi) is 6.39. The van der Waals surface area contributed by atoms with Crippen LogP contribution in [0.2, 0.25) is 0 Å². The maximum absolute atomic E-state index is 12.6. The molecule has 124 valence electrons. The van der Waals surface area contributed by atoms with Crippen LogP contribution in [-0.2, 0) is 16.0 Å². The van der Waals surface area contributed by atoms with Gasteiger partial charge in [0.1, 0.15) is 6.61 Å². The number of hydrogen-bond acceptors (Lipinski definition) is 3. The quantitative estimate of drug-likeness (QED) is 0.565. The van der Waals surface area contributed by atoms with Crippen LogP contribution in [0, 0.1) is 5.92 Å². The number of unbranched alkanes of at least 4 members (excludes halogenated alkanes) is 1. The number of ether oxygens (including phenoxy) is 1. The molecule has 1 fully saturated rings. The molecule has 1 aromatic carbocycles.